The van der Waals surface area contributed by atoms with Crippen molar-refractivity contribution < 1.29 is 23.7 Å². The van der Waals surface area contributed by atoms with Crippen LogP contribution in [0.1, 0.15) is 0 Å². The maximum atomic E-state index is 6.15. The fraction of sp³-hybridized carbons (Fsp3) is 0.850. The van der Waals surface area contributed by atoms with Crippen LogP contribution >= 0.6 is 0 Å². The molecule has 0 aliphatic carbocycles. The Morgan fingerprint density at radius 1 is 0.800 bits per heavy atom. The van der Waals surface area contributed by atoms with Crippen LogP contribution in [-0.4, -0.2) is 124 Å². The van der Waals surface area contributed by atoms with Gasteiger partial charge in [-0.25, -0.2) is 0 Å². The van der Waals surface area contributed by atoms with Crippen molar-refractivity contribution in [2.75, 3.05) is 113 Å². The molecule has 0 aliphatic rings. The van der Waals surface area contributed by atoms with Gasteiger partial charge in [-0.2, -0.15) is 0 Å². The van der Waals surface area contributed by atoms with Crippen molar-refractivity contribution >= 4 is 5.96 Å². The minimum atomic E-state index is 0.306. The van der Waals surface area contributed by atoms with Crippen molar-refractivity contribution in [3.63, 3.8) is 0 Å². The Morgan fingerprint density at radius 3 is 1.83 bits per heavy atom. The van der Waals surface area contributed by atoms with Gasteiger partial charge in [0.25, 0.3) is 0 Å². The van der Waals surface area contributed by atoms with E-state index in [1.165, 1.54) is 0 Å². The standard InChI is InChI=1S/C20H41N5O5/c1-4-10-26-16-18-30-19-17-29-13-7-24-20(21)25(8-14-27-11-5-22-2)9-15-28-12-6-23-3/h1,22-23H,5-19H2,2-3H3,(H2,21,24). The highest BCUT2D eigenvalue weighted by Crippen LogP contribution is 1.92. The highest BCUT2D eigenvalue weighted by atomic mass is 16.5. The third kappa shape index (κ3) is 19.8. The van der Waals surface area contributed by atoms with E-state index in [4.69, 9.17) is 35.8 Å². The van der Waals surface area contributed by atoms with Gasteiger partial charge in [-0.1, -0.05) is 5.92 Å². The van der Waals surface area contributed by atoms with Crippen molar-refractivity contribution in [1.82, 2.24) is 15.5 Å². The van der Waals surface area contributed by atoms with Crippen LogP contribution in [0.5, 0.6) is 0 Å². The zero-order valence-corrected chi connectivity index (χ0v) is 18.7. The van der Waals surface area contributed by atoms with E-state index in [-0.39, 0.29) is 0 Å². The van der Waals surface area contributed by atoms with Gasteiger partial charge in [-0.05, 0) is 14.1 Å². The third-order valence-electron chi connectivity index (χ3n) is 3.77. The van der Waals surface area contributed by atoms with E-state index in [0.29, 0.717) is 91.7 Å². The monoisotopic (exact) mass is 431 g/mol. The van der Waals surface area contributed by atoms with Gasteiger partial charge in [0.15, 0.2) is 5.96 Å². The third-order valence-corrected chi connectivity index (χ3v) is 3.77. The first kappa shape index (κ1) is 28.5. The molecule has 0 saturated carbocycles. The van der Waals surface area contributed by atoms with E-state index in [9.17, 15) is 0 Å². The van der Waals surface area contributed by atoms with E-state index >= 15 is 0 Å². The van der Waals surface area contributed by atoms with Crippen molar-refractivity contribution in [1.29, 1.82) is 0 Å². The average Bonchev–Trinajstić information content (AvgIpc) is 2.75. The summed E-state index contributed by atoms with van der Waals surface area (Å²) >= 11 is 0. The minimum absolute atomic E-state index is 0.306. The molecule has 176 valence electrons. The maximum Gasteiger partial charge on any atom is 0.191 e. The van der Waals surface area contributed by atoms with Crippen molar-refractivity contribution in [2.45, 2.75) is 0 Å². The molecule has 4 N–H and O–H groups in total. The molecule has 0 unspecified atom stereocenters. The second-order valence-electron chi connectivity index (χ2n) is 6.14. The predicted octanol–water partition coefficient (Wildman–Crippen LogP) is -1.24. The zero-order chi connectivity index (χ0) is 22.1. The zero-order valence-electron chi connectivity index (χ0n) is 18.7. The highest BCUT2D eigenvalue weighted by molar-refractivity contribution is 5.78. The summed E-state index contributed by atoms with van der Waals surface area (Å²) in [4.78, 5) is 6.37. The van der Waals surface area contributed by atoms with Crippen molar-refractivity contribution in [2.24, 2.45) is 10.7 Å². The molecular formula is C20H41N5O5. The van der Waals surface area contributed by atoms with Gasteiger partial charge in [-0.15, -0.1) is 6.42 Å². The molecule has 0 radical (unpaired) electrons. The van der Waals surface area contributed by atoms with Crippen molar-refractivity contribution in [3.05, 3.63) is 0 Å². The lowest BCUT2D eigenvalue weighted by molar-refractivity contribution is 0.0220. The van der Waals surface area contributed by atoms with E-state index in [0.717, 1.165) is 13.1 Å². The van der Waals surface area contributed by atoms with Crippen LogP contribution in [0.3, 0.4) is 0 Å². The minimum Gasteiger partial charge on any atom is -0.378 e. The number of ether oxygens (including phenoxy) is 5. The first-order chi connectivity index (χ1) is 14.8. The number of nitrogens with two attached hydrogens (primary N) is 1. The molecule has 0 bridgehead atoms. The summed E-state index contributed by atoms with van der Waals surface area (Å²) in [5.74, 6) is 2.87. The lowest BCUT2D eigenvalue weighted by atomic mass is 10.5. The molecule has 0 saturated heterocycles. The molecule has 0 spiro atoms. The number of guanidine groups is 1. The van der Waals surface area contributed by atoms with Crippen LogP contribution < -0.4 is 16.4 Å². The van der Waals surface area contributed by atoms with Crippen LogP contribution in [0.15, 0.2) is 4.99 Å². The molecule has 0 heterocycles. The average molecular weight is 432 g/mol. The summed E-state index contributed by atoms with van der Waals surface area (Å²) in [5, 5.41) is 6.09. The number of aliphatic imine (C=N–C) groups is 1. The summed E-state index contributed by atoms with van der Waals surface area (Å²) in [6, 6.07) is 0. The van der Waals surface area contributed by atoms with Crippen LogP contribution in [0, 0.1) is 12.3 Å². The number of nitrogens with one attached hydrogen (secondary N) is 2. The van der Waals surface area contributed by atoms with Gasteiger partial charge in [0.1, 0.15) is 6.61 Å². The van der Waals surface area contributed by atoms with Crippen LogP contribution in [0.4, 0.5) is 0 Å². The Bertz CT molecular complexity index is 420. The van der Waals surface area contributed by atoms with Gasteiger partial charge in [0.05, 0.1) is 66.0 Å². The number of nitrogens with zero attached hydrogens (tertiary/aromatic N) is 2. The van der Waals surface area contributed by atoms with Gasteiger partial charge < -0.3 is 45.0 Å². The molecule has 10 heteroatoms. The lowest BCUT2D eigenvalue weighted by Gasteiger charge is -2.23. The topological polar surface area (TPSA) is 112 Å². The number of terminal acetylenes is 1. The Hall–Kier alpha value is -1.45. The fourth-order valence-corrected chi connectivity index (χ4v) is 2.14. The molecule has 0 amide bonds. The molecule has 0 aromatic rings. The van der Waals surface area contributed by atoms with Gasteiger partial charge in [-0.3, -0.25) is 4.99 Å². The quantitative estimate of drug-likeness (QED) is 0.0838. The number of likely N-dealkylation sites (N-methyl/N-ethyl adjacent to an activating group) is 2. The molecule has 0 aliphatic heterocycles. The smallest absolute Gasteiger partial charge is 0.191 e. The molecule has 0 rings (SSSR count). The lowest BCUT2D eigenvalue weighted by Crippen LogP contribution is -2.42. The number of hydrogen-bond donors (Lipinski definition) is 3. The molecule has 30 heavy (non-hydrogen) atoms. The van der Waals surface area contributed by atoms with E-state index in [1.807, 2.05) is 19.0 Å². The Balaban J connectivity index is 3.99. The van der Waals surface area contributed by atoms with Crippen LogP contribution in [0.25, 0.3) is 0 Å². The fourth-order valence-electron chi connectivity index (χ4n) is 2.14. The summed E-state index contributed by atoms with van der Waals surface area (Å²) in [6.45, 7) is 8.65. The summed E-state index contributed by atoms with van der Waals surface area (Å²) < 4.78 is 27.2. The first-order valence-electron chi connectivity index (χ1n) is 10.4. The number of hydrogen-bond acceptors (Lipinski definition) is 8. The van der Waals surface area contributed by atoms with Gasteiger partial charge in [0, 0.05) is 26.2 Å². The maximum absolute atomic E-state index is 6.15. The van der Waals surface area contributed by atoms with Gasteiger partial charge >= 0.3 is 0 Å². The molecular weight excluding hydrogens is 390 g/mol. The van der Waals surface area contributed by atoms with Gasteiger partial charge in [0.2, 0.25) is 0 Å². The summed E-state index contributed by atoms with van der Waals surface area (Å²) in [6.07, 6.45) is 5.08. The van der Waals surface area contributed by atoms with E-state index in [2.05, 4.69) is 21.5 Å². The van der Waals surface area contributed by atoms with E-state index in [1.54, 1.807) is 0 Å². The predicted molar refractivity (Wildman–Crippen MR) is 119 cm³/mol. The highest BCUT2D eigenvalue weighted by Gasteiger charge is 2.08. The SMILES string of the molecule is C#CCOCCOCCOCCN=C(N)N(CCOCCNC)CCOCCNC. The Kier molecular flexibility index (Phi) is 22.7. The van der Waals surface area contributed by atoms with E-state index < -0.39 is 0 Å². The molecule has 0 fully saturated rings. The van der Waals surface area contributed by atoms with Crippen molar-refractivity contribution in [3.8, 4) is 12.3 Å². The molecule has 0 aromatic carbocycles. The molecule has 10 nitrogen and oxygen atoms in total. The normalized spacial score (nSPS) is 11.6. The molecule has 0 aromatic heterocycles. The summed E-state index contributed by atoms with van der Waals surface area (Å²) in [5.41, 5.74) is 6.15. The van der Waals surface area contributed by atoms with Crippen LogP contribution in [0.2, 0.25) is 0 Å². The second kappa shape index (κ2) is 23.8. The second-order valence-corrected chi connectivity index (χ2v) is 6.14. The summed E-state index contributed by atoms with van der Waals surface area (Å²) in [7, 11) is 3.79. The first-order valence-corrected chi connectivity index (χ1v) is 10.4. The largest absolute Gasteiger partial charge is 0.378 e. The molecule has 0 atom stereocenters. The Labute approximate surface area is 181 Å². The number of rotatable bonds is 22. The van der Waals surface area contributed by atoms with Crippen LogP contribution in [-0.2, 0) is 23.7 Å². The Morgan fingerprint density at radius 2 is 1.30 bits per heavy atom.